The molecule has 1 N–H and O–H groups in total. The van der Waals surface area contributed by atoms with Crippen molar-refractivity contribution in [2.24, 2.45) is 0 Å². The van der Waals surface area contributed by atoms with Crippen LogP contribution in [0, 0.1) is 0 Å². The van der Waals surface area contributed by atoms with Crippen LogP contribution in [0.5, 0.6) is 0 Å². The fraction of sp³-hybridized carbons (Fsp3) is 0.409. The van der Waals surface area contributed by atoms with Crippen LogP contribution in [-0.2, 0) is 10.3 Å². The van der Waals surface area contributed by atoms with E-state index in [1.165, 1.54) is 0 Å². The minimum atomic E-state index is -1.13. The summed E-state index contributed by atoms with van der Waals surface area (Å²) in [7, 11) is 2.05. The summed E-state index contributed by atoms with van der Waals surface area (Å²) in [5.74, 6) is 0.832. The summed E-state index contributed by atoms with van der Waals surface area (Å²) < 4.78 is 8.33. The summed E-state index contributed by atoms with van der Waals surface area (Å²) in [6.45, 7) is 6.53. The number of hydrogen-bond donors (Lipinski definition) is 1. The number of aliphatic hydroxyl groups is 1. The van der Waals surface area contributed by atoms with E-state index in [2.05, 4.69) is 32.4 Å². The first-order chi connectivity index (χ1) is 11.8. The molecule has 2 aromatic rings. The molecular formula is C22H28INO2. The zero-order chi connectivity index (χ0) is 18.1. The number of nitrogens with zero attached hydrogens (tertiary/aromatic N) is 1. The summed E-state index contributed by atoms with van der Waals surface area (Å²) in [5.41, 5.74) is 0.629. The van der Waals surface area contributed by atoms with Crippen LogP contribution in [0.3, 0.4) is 0 Å². The second kappa shape index (κ2) is 8.09. The molecule has 1 atom stereocenters. The number of rotatable bonds is 4. The van der Waals surface area contributed by atoms with Gasteiger partial charge in [0.1, 0.15) is 25.2 Å². The molecule has 0 saturated heterocycles. The Balaban J connectivity index is 0.00000243. The first-order valence-electron chi connectivity index (χ1n) is 8.93. The predicted octanol–water partition coefficient (Wildman–Crippen LogP) is 0.945. The third-order valence-corrected chi connectivity index (χ3v) is 5.32. The van der Waals surface area contributed by atoms with E-state index in [1.807, 2.05) is 60.7 Å². The Bertz CT molecular complexity index is 717. The molecule has 1 aliphatic rings. The molecular weight excluding hydrogens is 437 g/mol. The van der Waals surface area contributed by atoms with Crippen LogP contribution < -0.4 is 24.0 Å². The van der Waals surface area contributed by atoms with Crippen molar-refractivity contribution in [3.05, 3.63) is 71.8 Å². The Morgan fingerprint density at radius 1 is 1.04 bits per heavy atom. The molecule has 140 valence electrons. The van der Waals surface area contributed by atoms with E-state index < -0.39 is 5.60 Å². The normalized spacial score (nSPS) is 19.5. The molecule has 3 nitrogen and oxygen atoms in total. The van der Waals surface area contributed by atoms with Crippen LogP contribution in [0.2, 0.25) is 0 Å². The van der Waals surface area contributed by atoms with Gasteiger partial charge in [0.15, 0.2) is 5.54 Å². The minimum Gasteiger partial charge on any atom is -1.00 e. The first-order valence-corrected chi connectivity index (χ1v) is 8.93. The third kappa shape index (κ3) is 4.12. The monoisotopic (exact) mass is 465 g/mol. The molecule has 2 aromatic carbocycles. The lowest BCUT2D eigenvalue weighted by atomic mass is 9.83. The zero-order valence-corrected chi connectivity index (χ0v) is 18.1. The highest BCUT2D eigenvalue weighted by molar-refractivity contribution is 5.74. The van der Waals surface area contributed by atoms with Gasteiger partial charge in [0.25, 0.3) is 0 Å². The van der Waals surface area contributed by atoms with Crippen molar-refractivity contribution in [2.45, 2.75) is 50.9 Å². The van der Waals surface area contributed by atoms with Gasteiger partial charge in [0.05, 0.1) is 0 Å². The van der Waals surface area contributed by atoms with Crippen molar-refractivity contribution in [3.8, 4) is 0 Å². The molecule has 4 heteroatoms. The van der Waals surface area contributed by atoms with Crippen molar-refractivity contribution < 1.29 is 38.4 Å². The minimum absolute atomic E-state index is 0. The Labute approximate surface area is 173 Å². The molecule has 26 heavy (non-hydrogen) atoms. The maximum atomic E-state index is 11.8. The summed E-state index contributed by atoms with van der Waals surface area (Å²) in [6, 6.07) is 19.7. The molecule has 0 bridgehead atoms. The Kier molecular flexibility index (Phi) is 6.51. The molecule has 0 fully saturated rings. The van der Waals surface area contributed by atoms with E-state index in [0.29, 0.717) is 6.42 Å². The maximum absolute atomic E-state index is 11.8. The van der Waals surface area contributed by atoms with Crippen molar-refractivity contribution >= 4 is 5.90 Å². The summed E-state index contributed by atoms with van der Waals surface area (Å²) in [5, 5.41) is 11.8. The van der Waals surface area contributed by atoms with Gasteiger partial charge in [-0.15, -0.1) is 0 Å². The van der Waals surface area contributed by atoms with Crippen LogP contribution in [0.4, 0.5) is 0 Å². The molecule has 0 aromatic heterocycles. The highest BCUT2D eigenvalue weighted by atomic mass is 127. The Morgan fingerprint density at radius 2 is 1.50 bits per heavy atom. The van der Waals surface area contributed by atoms with Gasteiger partial charge in [-0.3, -0.25) is 0 Å². The molecule has 0 spiro atoms. The predicted molar refractivity (Wildman–Crippen MR) is 101 cm³/mol. The lowest BCUT2D eigenvalue weighted by molar-refractivity contribution is -0.595. The highest BCUT2D eigenvalue weighted by Crippen LogP contribution is 2.35. The molecule has 0 radical (unpaired) electrons. The first kappa shape index (κ1) is 20.9. The van der Waals surface area contributed by atoms with Gasteiger partial charge in [0, 0.05) is 20.3 Å². The highest BCUT2D eigenvalue weighted by Gasteiger charge is 2.44. The number of halogens is 1. The second-order valence-electron chi connectivity index (χ2n) is 7.67. The van der Waals surface area contributed by atoms with E-state index in [-0.39, 0.29) is 35.6 Å². The molecule has 1 unspecified atom stereocenters. The van der Waals surface area contributed by atoms with E-state index in [1.54, 1.807) is 0 Å². The van der Waals surface area contributed by atoms with E-state index >= 15 is 0 Å². The van der Waals surface area contributed by atoms with Crippen LogP contribution in [-0.4, -0.2) is 34.3 Å². The lowest BCUT2D eigenvalue weighted by Gasteiger charge is -2.35. The SMILES string of the molecule is CC1CC(C)(C)[N+](C)=C(CC(O)(c2ccccc2)c2ccccc2)O1.[I-]. The fourth-order valence-electron chi connectivity index (χ4n) is 3.71. The quantitative estimate of drug-likeness (QED) is 0.539. The fourth-order valence-corrected chi connectivity index (χ4v) is 3.71. The molecule has 0 saturated carbocycles. The standard InChI is InChI=1S/C22H28NO2.HI/c1-17-15-21(2,3)23(4)20(25-17)16-22(24,18-11-7-5-8-12-18)19-13-9-6-10-14-19;/h5-14,17,24H,15-16H2,1-4H3;1H/q+1;/p-1. The Morgan fingerprint density at radius 3 is 1.96 bits per heavy atom. The van der Waals surface area contributed by atoms with Gasteiger partial charge in [-0.1, -0.05) is 60.7 Å². The summed E-state index contributed by atoms with van der Waals surface area (Å²) in [6.07, 6.45) is 1.50. The molecule has 1 aliphatic heterocycles. The van der Waals surface area contributed by atoms with Gasteiger partial charge in [0.2, 0.25) is 0 Å². The van der Waals surface area contributed by atoms with Crippen LogP contribution >= 0.6 is 0 Å². The van der Waals surface area contributed by atoms with E-state index in [4.69, 9.17) is 4.74 Å². The molecule has 1 heterocycles. The summed E-state index contributed by atoms with van der Waals surface area (Å²) >= 11 is 0. The van der Waals surface area contributed by atoms with Crippen LogP contribution in [0.15, 0.2) is 60.7 Å². The van der Waals surface area contributed by atoms with Gasteiger partial charge in [-0.25, -0.2) is 4.58 Å². The largest absolute Gasteiger partial charge is 1.00 e. The Hall–Kier alpha value is -1.40. The topological polar surface area (TPSA) is 32.5 Å². The van der Waals surface area contributed by atoms with Gasteiger partial charge < -0.3 is 33.8 Å². The van der Waals surface area contributed by atoms with Crippen molar-refractivity contribution in [1.29, 1.82) is 0 Å². The zero-order valence-electron chi connectivity index (χ0n) is 15.9. The van der Waals surface area contributed by atoms with Gasteiger partial charge >= 0.3 is 5.90 Å². The molecule has 3 rings (SSSR count). The smallest absolute Gasteiger partial charge is 0.340 e. The average molecular weight is 465 g/mol. The van der Waals surface area contributed by atoms with Gasteiger partial charge in [-0.05, 0) is 18.1 Å². The van der Waals surface area contributed by atoms with Crippen LogP contribution in [0.25, 0.3) is 0 Å². The van der Waals surface area contributed by atoms with Crippen molar-refractivity contribution in [2.75, 3.05) is 7.05 Å². The number of hydrogen-bond acceptors (Lipinski definition) is 2. The van der Waals surface area contributed by atoms with E-state index in [0.717, 1.165) is 23.4 Å². The second-order valence-corrected chi connectivity index (χ2v) is 7.67. The molecule has 0 aliphatic carbocycles. The maximum Gasteiger partial charge on any atom is 0.340 e. The molecule has 0 amide bonds. The van der Waals surface area contributed by atoms with Crippen LogP contribution in [0.1, 0.15) is 44.7 Å². The average Bonchev–Trinajstić information content (AvgIpc) is 2.60. The lowest BCUT2D eigenvalue weighted by Crippen LogP contribution is -3.00. The number of ether oxygens (including phenoxy) is 1. The summed E-state index contributed by atoms with van der Waals surface area (Å²) in [4.78, 5) is 0. The third-order valence-electron chi connectivity index (χ3n) is 5.32. The van der Waals surface area contributed by atoms with Crippen molar-refractivity contribution in [1.82, 2.24) is 0 Å². The van der Waals surface area contributed by atoms with Crippen molar-refractivity contribution in [3.63, 3.8) is 0 Å². The van der Waals surface area contributed by atoms with Gasteiger partial charge in [-0.2, -0.15) is 0 Å². The van der Waals surface area contributed by atoms with E-state index in [9.17, 15) is 5.11 Å². The number of benzene rings is 2.